The summed E-state index contributed by atoms with van der Waals surface area (Å²) in [5.41, 5.74) is 4.27. The summed E-state index contributed by atoms with van der Waals surface area (Å²) >= 11 is 0. The van der Waals surface area contributed by atoms with Crippen molar-refractivity contribution in [3.63, 3.8) is 0 Å². The number of nitrogens with one attached hydrogen (secondary N) is 2. The lowest BCUT2D eigenvalue weighted by Crippen LogP contribution is -2.30. The molecule has 1 amide bonds. The van der Waals surface area contributed by atoms with Gasteiger partial charge in [0.05, 0.1) is 0 Å². The third kappa shape index (κ3) is 5.31. The first-order valence-electron chi connectivity index (χ1n) is 8.85. The number of benzene rings is 2. The van der Waals surface area contributed by atoms with Gasteiger partial charge in [-0.1, -0.05) is 48.0 Å². The first kappa shape index (κ1) is 18.5. The van der Waals surface area contributed by atoms with Gasteiger partial charge in [-0.25, -0.2) is 4.79 Å². The van der Waals surface area contributed by atoms with Gasteiger partial charge in [-0.15, -0.1) is 0 Å². The van der Waals surface area contributed by atoms with Gasteiger partial charge in [0, 0.05) is 29.7 Å². The van der Waals surface area contributed by atoms with Crippen molar-refractivity contribution in [2.24, 2.45) is 0 Å². The van der Waals surface area contributed by atoms with Crippen LogP contribution in [0, 0.1) is 6.92 Å². The van der Waals surface area contributed by atoms with Gasteiger partial charge in [0.15, 0.2) is 6.61 Å². The number of esters is 1. The van der Waals surface area contributed by atoms with E-state index in [4.69, 9.17) is 4.74 Å². The lowest BCUT2D eigenvalue weighted by atomic mass is 10.1. The topological polar surface area (TPSA) is 71.2 Å². The number of fused-ring (bicyclic) bond motifs is 1. The number of amides is 1. The molecule has 0 saturated carbocycles. The van der Waals surface area contributed by atoms with E-state index in [-0.39, 0.29) is 12.5 Å². The van der Waals surface area contributed by atoms with Crippen LogP contribution in [0.25, 0.3) is 17.0 Å². The van der Waals surface area contributed by atoms with E-state index in [0.29, 0.717) is 13.0 Å². The Morgan fingerprint density at radius 1 is 1.11 bits per heavy atom. The van der Waals surface area contributed by atoms with Crippen molar-refractivity contribution in [3.8, 4) is 0 Å². The molecular formula is C22H22N2O3. The summed E-state index contributed by atoms with van der Waals surface area (Å²) in [6, 6.07) is 15.8. The van der Waals surface area contributed by atoms with E-state index in [1.54, 1.807) is 6.08 Å². The smallest absolute Gasteiger partial charge is 0.331 e. The van der Waals surface area contributed by atoms with Crippen LogP contribution in [0.3, 0.4) is 0 Å². The molecule has 0 unspecified atom stereocenters. The first-order valence-corrected chi connectivity index (χ1v) is 8.85. The van der Waals surface area contributed by atoms with Crippen LogP contribution in [0.2, 0.25) is 0 Å². The van der Waals surface area contributed by atoms with Crippen LogP contribution in [0.4, 0.5) is 0 Å². The van der Waals surface area contributed by atoms with Crippen molar-refractivity contribution in [1.82, 2.24) is 10.3 Å². The molecule has 5 nitrogen and oxygen atoms in total. The minimum atomic E-state index is -0.539. The Bertz CT molecular complexity index is 955. The van der Waals surface area contributed by atoms with E-state index in [9.17, 15) is 9.59 Å². The Hall–Kier alpha value is -3.34. The van der Waals surface area contributed by atoms with E-state index >= 15 is 0 Å². The van der Waals surface area contributed by atoms with Crippen LogP contribution < -0.4 is 5.32 Å². The molecule has 0 spiro atoms. The first-order chi connectivity index (χ1) is 13.1. The van der Waals surface area contributed by atoms with Gasteiger partial charge in [0.2, 0.25) is 0 Å². The molecule has 3 aromatic rings. The van der Waals surface area contributed by atoms with Gasteiger partial charge in [0.25, 0.3) is 5.91 Å². The van der Waals surface area contributed by atoms with Crippen molar-refractivity contribution in [2.45, 2.75) is 13.3 Å². The fourth-order valence-corrected chi connectivity index (χ4v) is 2.75. The highest BCUT2D eigenvalue weighted by Gasteiger charge is 2.06. The van der Waals surface area contributed by atoms with Crippen LogP contribution in [0.15, 0.2) is 60.8 Å². The third-order valence-corrected chi connectivity index (χ3v) is 4.23. The van der Waals surface area contributed by atoms with E-state index in [0.717, 1.165) is 27.6 Å². The second-order valence-corrected chi connectivity index (χ2v) is 6.31. The average Bonchev–Trinajstić information content (AvgIpc) is 3.09. The Balaban J connectivity index is 1.39. The summed E-state index contributed by atoms with van der Waals surface area (Å²) in [4.78, 5) is 26.7. The third-order valence-electron chi connectivity index (χ3n) is 4.23. The largest absolute Gasteiger partial charge is 0.452 e. The minimum Gasteiger partial charge on any atom is -0.452 e. The maximum atomic E-state index is 11.8. The molecule has 27 heavy (non-hydrogen) atoms. The summed E-state index contributed by atoms with van der Waals surface area (Å²) < 4.78 is 4.96. The molecule has 0 aliphatic rings. The van der Waals surface area contributed by atoms with Gasteiger partial charge in [-0.3, -0.25) is 4.79 Å². The Kier molecular flexibility index (Phi) is 6.05. The molecule has 0 aliphatic carbocycles. The highest BCUT2D eigenvalue weighted by molar-refractivity contribution is 5.89. The predicted octanol–water partition coefficient (Wildman–Crippen LogP) is 3.39. The number of aryl methyl sites for hydroxylation is 1. The molecule has 1 aromatic heterocycles. The summed E-state index contributed by atoms with van der Waals surface area (Å²) in [6.45, 7) is 2.20. The summed E-state index contributed by atoms with van der Waals surface area (Å²) in [5, 5.41) is 3.92. The number of ether oxygens (including phenoxy) is 1. The molecule has 1 heterocycles. The second kappa shape index (κ2) is 8.85. The van der Waals surface area contributed by atoms with Crippen molar-refractivity contribution < 1.29 is 14.3 Å². The molecule has 0 atom stereocenters. The quantitative estimate of drug-likeness (QED) is 0.500. The van der Waals surface area contributed by atoms with Crippen LogP contribution in [-0.2, 0) is 20.7 Å². The Morgan fingerprint density at radius 2 is 1.89 bits per heavy atom. The zero-order valence-corrected chi connectivity index (χ0v) is 15.2. The molecule has 5 heteroatoms. The molecule has 2 aromatic carbocycles. The molecule has 0 fully saturated rings. The van der Waals surface area contributed by atoms with Gasteiger partial charge in [0.1, 0.15) is 0 Å². The Labute approximate surface area is 158 Å². The number of para-hydroxylation sites is 1. The molecule has 138 valence electrons. The van der Waals surface area contributed by atoms with Crippen molar-refractivity contribution in [1.29, 1.82) is 0 Å². The fourth-order valence-electron chi connectivity index (χ4n) is 2.75. The average molecular weight is 362 g/mol. The van der Waals surface area contributed by atoms with E-state index in [2.05, 4.69) is 10.3 Å². The number of rotatable bonds is 7. The standard InChI is InChI=1S/C22H22N2O3/c1-16-6-8-17(9-7-16)10-11-22(26)27-15-21(25)23-13-12-18-14-24-20-5-3-2-4-19(18)20/h2-11,14,24H,12-13,15H2,1H3,(H,23,25)/b11-10+. The van der Waals surface area contributed by atoms with E-state index in [1.165, 1.54) is 6.08 Å². The Morgan fingerprint density at radius 3 is 2.70 bits per heavy atom. The number of aromatic nitrogens is 1. The maximum Gasteiger partial charge on any atom is 0.331 e. The number of carbonyl (C=O) groups excluding carboxylic acids is 2. The lowest BCUT2D eigenvalue weighted by Gasteiger charge is -2.05. The number of aromatic amines is 1. The zero-order valence-electron chi connectivity index (χ0n) is 15.2. The molecule has 0 saturated heterocycles. The van der Waals surface area contributed by atoms with Crippen molar-refractivity contribution in [3.05, 3.63) is 77.5 Å². The normalized spacial score (nSPS) is 11.0. The number of hydrogen-bond acceptors (Lipinski definition) is 3. The summed E-state index contributed by atoms with van der Waals surface area (Å²) in [7, 11) is 0. The monoisotopic (exact) mass is 362 g/mol. The summed E-state index contributed by atoms with van der Waals surface area (Å²) in [6.07, 6.45) is 5.64. The maximum absolute atomic E-state index is 11.8. The van der Waals surface area contributed by atoms with Crippen LogP contribution in [-0.4, -0.2) is 30.0 Å². The summed E-state index contributed by atoms with van der Waals surface area (Å²) in [5.74, 6) is -0.853. The van der Waals surface area contributed by atoms with Gasteiger partial charge in [-0.2, -0.15) is 0 Å². The van der Waals surface area contributed by atoms with Crippen LogP contribution >= 0.6 is 0 Å². The number of carbonyl (C=O) groups is 2. The molecule has 0 bridgehead atoms. The fraction of sp³-hybridized carbons (Fsp3) is 0.182. The van der Waals surface area contributed by atoms with Crippen molar-refractivity contribution in [2.75, 3.05) is 13.2 Å². The molecule has 2 N–H and O–H groups in total. The zero-order chi connectivity index (χ0) is 19.1. The molecule has 0 aliphatic heterocycles. The number of H-pyrrole nitrogens is 1. The second-order valence-electron chi connectivity index (χ2n) is 6.31. The molecule has 3 rings (SSSR count). The van der Waals surface area contributed by atoms with Gasteiger partial charge < -0.3 is 15.0 Å². The van der Waals surface area contributed by atoms with Crippen LogP contribution in [0.1, 0.15) is 16.7 Å². The number of hydrogen-bond donors (Lipinski definition) is 2. The molecule has 0 radical (unpaired) electrons. The molecular weight excluding hydrogens is 340 g/mol. The highest BCUT2D eigenvalue weighted by Crippen LogP contribution is 2.17. The highest BCUT2D eigenvalue weighted by atomic mass is 16.5. The van der Waals surface area contributed by atoms with Gasteiger partial charge in [-0.05, 0) is 36.6 Å². The van der Waals surface area contributed by atoms with Crippen molar-refractivity contribution >= 4 is 28.9 Å². The lowest BCUT2D eigenvalue weighted by molar-refractivity contribution is -0.143. The van der Waals surface area contributed by atoms with Gasteiger partial charge >= 0.3 is 5.97 Å². The SMILES string of the molecule is Cc1ccc(/C=C/C(=O)OCC(=O)NCCc2c[nH]c3ccccc23)cc1. The minimum absolute atomic E-state index is 0.287. The van der Waals surface area contributed by atoms with Crippen LogP contribution in [0.5, 0.6) is 0 Å². The van der Waals surface area contributed by atoms with E-state index in [1.807, 2.05) is 61.7 Å². The van der Waals surface area contributed by atoms with E-state index < -0.39 is 5.97 Å². The predicted molar refractivity (Wildman–Crippen MR) is 106 cm³/mol.